The number of ether oxygens (including phenoxy) is 2. The predicted molar refractivity (Wildman–Crippen MR) is 205 cm³/mol. The fourth-order valence-electron chi connectivity index (χ4n) is 7.09. The summed E-state index contributed by atoms with van der Waals surface area (Å²) in [6.45, 7) is 6.06. The van der Waals surface area contributed by atoms with Crippen molar-refractivity contribution in [2.45, 2.75) is 89.5 Å². The van der Waals surface area contributed by atoms with E-state index < -0.39 is 24.5 Å². The van der Waals surface area contributed by atoms with Gasteiger partial charge in [-0.25, -0.2) is 9.97 Å². The third kappa shape index (κ3) is 7.37. The van der Waals surface area contributed by atoms with Crippen molar-refractivity contribution in [2.75, 3.05) is 23.7 Å². The summed E-state index contributed by atoms with van der Waals surface area (Å²) in [5.74, 6) is 1.70. The molecule has 0 amide bonds. The molecule has 302 valence electrons. The molecule has 6 atom stereocenters. The van der Waals surface area contributed by atoms with E-state index in [0.29, 0.717) is 72.4 Å². The van der Waals surface area contributed by atoms with Crippen molar-refractivity contribution < 1.29 is 19.7 Å². The lowest BCUT2D eigenvalue weighted by molar-refractivity contribution is -0.0384. The molecule has 0 spiro atoms. The first kappa shape index (κ1) is 38.0. The summed E-state index contributed by atoms with van der Waals surface area (Å²) in [5.41, 5.74) is 4.18. The van der Waals surface area contributed by atoms with Crippen molar-refractivity contribution in [2.24, 2.45) is 0 Å². The molecule has 9 rings (SSSR count). The van der Waals surface area contributed by atoms with Crippen LogP contribution in [0.3, 0.4) is 0 Å². The number of nitrogens with one attached hydrogen (secondary N) is 2. The number of benzene rings is 1. The Bertz CT molecular complexity index is 2540. The summed E-state index contributed by atoms with van der Waals surface area (Å²) in [5, 5.41) is 53.2. The number of fused-ring (bicyclic) bond motifs is 2. The molecule has 0 unspecified atom stereocenters. The van der Waals surface area contributed by atoms with E-state index in [0.717, 1.165) is 30.4 Å². The van der Waals surface area contributed by atoms with E-state index >= 15 is 0 Å². The van der Waals surface area contributed by atoms with Crippen LogP contribution in [-0.4, -0.2) is 115 Å². The molecule has 2 aliphatic rings. The SMILES string of the molecule is CCn1nnc([C@@H]2CC[C@H](n3cnc4c(NCCc5ccc(CCNc6nc(Cl)nc7c6ncn7[C@@H]6O[C@H](c7nnn(CC)n7)[C@@H](O)[C@H]6O)cc5)nc(Cl)nc43)O2)n1. The second-order valence-corrected chi connectivity index (χ2v) is 14.4. The average Bonchev–Trinajstić information content (AvgIpc) is 4.09. The summed E-state index contributed by atoms with van der Waals surface area (Å²) < 4.78 is 15.7. The molecular formula is C34H38Cl2N18O4. The van der Waals surface area contributed by atoms with Gasteiger partial charge in [0.15, 0.2) is 46.3 Å². The molecule has 0 aliphatic carbocycles. The minimum atomic E-state index is -1.32. The Morgan fingerprint density at radius 1 is 0.707 bits per heavy atom. The number of hydrogen-bond acceptors (Lipinski definition) is 18. The van der Waals surface area contributed by atoms with E-state index in [1.165, 1.54) is 20.5 Å². The number of hydrogen-bond donors (Lipinski definition) is 4. The highest BCUT2D eigenvalue weighted by Gasteiger charge is 2.47. The van der Waals surface area contributed by atoms with Gasteiger partial charge in [0.2, 0.25) is 22.2 Å². The largest absolute Gasteiger partial charge is 0.387 e. The normalized spacial score (nSPS) is 22.1. The van der Waals surface area contributed by atoms with Crippen LogP contribution in [0.2, 0.25) is 10.6 Å². The van der Waals surface area contributed by atoms with Gasteiger partial charge in [-0.3, -0.25) is 9.13 Å². The maximum atomic E-state index is 10.9. The number of aromatic nitrogens is 16. The number of halogens is 2. The number of tetrazole rings is 2. The molecule has 1 aromatic carbocycles. The zero-order valence-electron chi connectivity index (χ0n) is 31.2. The van der Waals surface area contributed by atoms with Crippen LogP contribution in [0, 0.1) is 0 Å². The first-order valence-corrected chi connectivity index (χ1v) is 19.6. The van der Waals surface area contributed by atoms with Crippen LogP contribution in [-0.2, 0) is 35.4 Å². The lowest BCUT2D eigenvalue weighted by Gasteiger charge is -2.16. The van der Waals surface area contributed by atoms with Crippen molar-refractivity contribution in [3.8, 4) is 0 Å². The summed E-state index contributed by atoms with van der Waals surface area (Å²) in [6, 6.07) is 8.34. The monoisotopic (exact) mass is 832 g/mol. The van der Waals surface area contributed by atoms with Gasteiger partial charge in [0, 0.05) is 13.1 Å². The van der Waals surface area contributed by atoms with Gasteiger partial charge >= 0.3 is 0 Å². The number of aliphatic hydroxyl groups is 2. The summed E-state index contributed by atoms with van der Waals surface area (Å²) >= 11 is 12.7. The van der Waals surface area contributed by atoms with E-state index in [-0.39, 0.29) is 28.7 Å². The summed E-state index contributed by atoms with van der Waals surface area (Å²) in [6.07, 6.45) is 0.834. The molecule has 22 nitrogen and oxygen atoms in total. The van der Waals surface area contributed by atoms with Crippen LogP contribution < -0.4 is 10.6 Å². The second kappa shape index (κ2) is 16.0. The van der Waals surface area contributed by atoms with Crippen LogP contribution >= 0.6 is 23.2 Å². The van der Waals surface area contributed by atoms with Gasteiger partial charge in [-0.2, -0.15) is 29.5 Å². The maximum absolute atomic E-state index is 10.9. The molecule has 7 aromatic rings. The van der Waals surface area contributed by atoms with Crippen molar-refractivity contribution >= 4 is 57.2 Å². The Balaban J connectivity index is 0.795. The predicted octanol–water partition coefficient (Wildman–Crippen LogP) is 2.64. The first-order valence-electron chi connectivity index (χ1n) is 18.8. The van der Waals surface area contributed by atoms with E-state index in [9.17, 15) is 10.2 Å². The third-order valence-corrected chi connectivity index (χ3v) is 10.4. The molecule has 2 aliphatic heterocycles. The average molecular weight is 834 g/mol. The quantitative estimate of drug-likeness (QED) is 0.115. The van der Waals surface area contributed by atoms with Crippen LogP contribution in [0.1, 0.15) is 74.1 Å². The highest BCUT2D eigenvalue weighted by Crippen LogP contribution is 2.40. The maximum Gasteiger partial charge on any atom is 0.226 e. The Morgan fingerprint density at radius 3 is 1.84 bits per heavy atom. The minimum absolute atomic E-state index is 0.0196. The highest BCUT2D eigenvalue weighted by atomic mass is 35.5. The molecule has 24 heteroatoms. The fraction of sp³-hybridized carbons (Fsp3) is 0.471. The molecule has 4 N–H and O–H groups in total. The summed E-state index contributed by atoms with van der Waals surface area (Å²) in [7, 11) is 0. The highest BCUT2D eigenvalue weighted by molar-refractivity contribution is 6.29. The van der Waals surface area contributed by atoms with Crippen LogP contribution in [0.15, 0.2) is 36.9 Å². The van der Waals surface area contributed by atoms with E-state index in [1.807, 2.05) is 18.4 Å². The lowest BCUT2D eigenvalue weighted by Crippen LogP contribution is -2.29. The number of nitrogens with zero attached hydrogens (tertiary/aromatic N) is 16. The number of aryl methyl sites for hydroxylation is 2. The number of rotatable bonds is 14. The molecule has 6 aromatic heterocycles. The minimum Gasteiger partial charge on any atom is -0.387 e. The lowest BCUT2D eigenvalue weighted by atomic mass is 10.1. The molecule has 0 bridgehead atoms. The molecular weight excluding hydrogens is 795 g/mol. The molecule has 8 heterocycles. The molecule has 2 saturated heterocycles. The number of aliphatic hydroxyl groups excluding tert-OH is 2. The van der Waals surface area contributed by atoms with E-state index in [1.54, 1.807) is 6.33 Å². The van der Waals surface area contributed by atoms with Gasteiger partial charge in [0.25, 0.3) is 0 Å². The second-order valence-electron chi connectivity index (χ2n) is 13.8. The zero-order chi connectivity index (χ0) is 39.9. The van der Waals surface area contributed by atoms with Crippen LogP contribution in [0.5, 0.6) is 0 Å². The van der Waals surface area contributed by atoms with E-state index in [2.05, 4.69) is 95.6 Å². The first-order chi connectivity index (χ1) is 28.3. The Labute approximate surface area is 338 Å². The standard InChI is InChI=1S/C34H38Cl2N18O4/c1-3-53-47-26(45-49-53)19-9-10-20(57-19)51-15-39-21-27(41-33(35)43-30(21)51)37-13-11-17-5-7-18(8-6-17)12-14-38-28-22-31(44-34(36)42-28)52(16-40-22)32-24(56)23(55)25(58-32)29-46-50-54(4-2)48-29/h5-8,15-16,19-20,23-25,32,55-56H,3-4,9-14H2,1-2H3,(H,37,41,43)(H,38,42,44)/t19-,20+,23-,24+,25-,32+/m0/s1. The fourth-order valence-corrected chi connectivity index (χ4v) is 7.41. The molecule has 58 heavy (non-hydrogen) atoms. The number of imidazole rings is 2. The number of anilines is 2. The van der Waals surface area contributed by atoms with Gasteiger partial charge in [0.1, 0.15) is 24.5 Å². The Hall–Kier alpha value is -5.52. The van der Waals surface area contributed by atoms with E-state index in [4.69, 9.17) is 32.7 Å². The van der Waals surface area contributed by atoms with Gasteiger partial charge < -0.3 is 30.3 Å². The van der Waals surface area contributed by atoms with Gasteiger partial charge in [-0.1, -0.05) is 24.3 Å². The third-order valence-electron chi connectivity index (χ3n) is 10.1. The van der Waals surface area contributed by atoms with Gasteiger partial charge in [-0.05, 0) is 84.3 Å². The van der Waals surface area contributed by atoms with Crippen LogP contribution in [0.25, 0.3) is 22.3 Å². The van der Waals surface area contributed by atoms with Crippen molar-refractivity contribution in [3.63, 3.8) is 0 Å². The smallest absolute Gasteiger partial charge is 0.226 e. The summed E-state index contributed by atoms with van der Waals surface area (Å²) in [4.78, 5) is 29.6. The van der Waals surface area contributed by atoms with Crippen molar-refractivity contribution in [1.29, 1.82) is 0 Å². The molecule has 0 radical (unpaired) electrons. The van der Waals surface area contributed by atoms with Gasteiger partial charge in [0.05, 0.1) is 25.7 Å². The Morgan fingerprint density at radius 2 is 1.26 bits per heavy atom. The topological polar surface area (TPSA) is 257 Å². The van der Waals surface area contributed by atoms with Crippen LogP contribution in [0.4, 0.5) is 11.6 Å². The van der Waals surface area contributed by atoms with Gasteiger partial charge in [-0.15, -0.1) is 20.4 Å². The zero-order valence-corrected chi connectivity index (χ0v) is 32.7. The van der Waals surface area contributed by atoms with Crippen molar-refractivity contribution in [1.82, 2.24) is 79.5 Å². The molecule has 0 saturated carbocycles. The molecule has 2 fully saturated rings. The Kier molecular flexibility index (Phi) is 10.5. The van der Waals surface area contributed by atoms with Crippen molar-refractivity contribution in [3.05, 3.63) is 70.3 Å².